The molecule has 1 fully saturated rings. The molecule has 0 saturated carbocycles. The van der Waals surface area contributed by atoms with E-state index in [4.69, 9.17) is 9.47 Å². The Hall–Kier alpha value is -3.10. The third-order valence-electron chi connectivity index (χ3n) is 5.00. The summed E-state index contributed by atoms with van der Waals surface area (Å²) in [7, 11) is 2.48. The van der Waals surface area contributed by atoms with E-state index in [1.807, 2.05) is 30.3 Å². The molecule has 2 amide bonds. The maximum absolute atomic E-state index is 12.6. The molecular weight excluding hydrogens is 392 g/mol. The first-order valence-corrected chi connectivity index (χ1v) is 9.85. The highest BCUT2D eigenvalue weighted by atomic mass is 16.6. The van der Waals surface area contributed by atoms with E-state index in [0.29, 0.717) is 25.9 Å². The quantitative estimate of drug-likeness (QED) is 0.503. The number of carbonyl (C=O) groups is 4. The third kappa shape index (κ3) is 7.06. The third-order valence-corrected chi connectivity index (χ3v) is 5.00. The van der Waals surface area contributed by atoms with E-state index in [9.17, 15) is 19.2 Å². The molecule has 9 nitrogen and oxygen atoms in total. The number of piperidine rings is 1. The number of nitrogens with one attached hydrogen (secondary N) is 1. The lowest BCUT2D eigenvalue weighted by molar-refractivity contribution is -0.147. The van der Waals surface area contributed by atoms with Gasteiger partial charge >= 0.3 is 18.0 Å². The molecule has 1 N–H and O–H groups in total. The van der Waals surface area contributed by atoms with Crippen molar-refractivity contribution in [2.45, 2.75) is 38.3 Å². The molecule has 1 aliphatic heterocycles. The SMILES string of the molecule is COC(=O)CC[C@@H](NC(=O)C1CCN(C(=O)OCc2ccccc2)CC1)C(=O)OC. The number of nitrogens with zero attached hydrogens (tertiary/aromatic N) is 1. The fourth-order valence-corrected chi connectivity index (χ4v) is 3.18. The summed E-state index contributed by atoms with van der Waals surface area (Å²) < 4.78 is 14.6. The van der Waals surface area contributed by atoms with Crippen LogP contribution in [0.15, 0.2) is 30.3 Å². The Bertz CT molecular complexity index is 730. The molecule has 1 saturated heterocycles. The van der Waals surface area contributed by atoms with E-state index in [1.54, 1.807) is 4.90 Å². The van der Waals surface area contributed by atoms with Crippen molar-refractivity contribution in [2.75, 3.05) is 27.3 Å². The first kappa shape index (κ1) is 23.2. The van der Waals surface area contributed by atoms with Gasteiger partial charge < -0.3 is 24.4 Å². The zero-order valence-electron chi connectivity index (χ0n) is 17.3. The second-order valence-corrected chi connectivity index (χ2v) is 7.00. The Labute approximate surface area is 175 Å². The van der Waals surface area contributed by atoms with Crippen molar-refractivity contribution in [3.8, 4) is 0 Å². The molecule has 1 aromatic carbocycles. The summed E-state index contributed by atoms with van der Waals surface area (Å²) in [5.41, 5.74) is 0.904. The van der Waals surface area contributed by atoms with Crippen LogP contribution >= 0.6 is 0 Å². The maximum Gasteiger partial charge on any atom is 0.410 e. The molecule has 2 rings (SSSR count). The Morgan fingerprint density at radius 2 is 1.73 bits per heavy atom. The number of amides is 2. The number of ether oxygens (including phenoxy) is 3. The van der Waals surface area contributed by atoms with Crippen LogP contribution in [0.4, 0.5) is 4.79 Å². The molecule has 9 heteroatoms. The predicted molar refractivity (Wildman–Crippen MR) is 106 cm³/mol. The summed E-state index contributed by atoms with van der Waals surface area (Å²) in [5.74, 6) is -1.73. The van der Waals surface area contributed by atoms with E-state index in [1.165, 1.54) is 14.2 Å². The minimum atomic E-state index is -0.921. The van der Waals surface area contributed by atoms with Crippen LogP contribution in [0.25, 0.3) is 0 Å². The number of carbonyl (C=O) groups excluding carboxylic acids is 4. The van der Waals surface area contributed by atoms with E-state index < -0.39 is 24.1 Å². The van der Waals surface area contributed by atoms with Gasteiger partial charge in [-0.25, -0.2) is 9.59 Å². The van der Waals surface area contributed by atoms with Gasteiger partial charge in [0.05, 0.1) is 14.2 Å². The molecule has 164 valence electrons. The molecule has 0 aliphatic carbocycles. The van der Waals surface area contributed by atoms with Gasteiger partial charge in [-0.1, -0.05) is 30.3 Å². The Kier molecular flexibility index (Phi) is 9.11. The van der Waals surface area contributed by atoms with Crippen molar-refractivity contribution in [3.05, 3.63) is 35.9 Å². The topological polar surface area (TPSA) is 111 Å². The highest BCUT2D eigenvalue weighted by Gasteiger charge is 2.31. The lowest BCUT2D eigenvalue weighted by atomic mass is 9.95. The number of methoxy groups -OCH3 is 2. The van der Waals surface area contributed by atoms with Crippen LogP contribution in [0.5, 0.6) is 0 Å². The van der Waals surface area contributed by atoms with Crippen LogP contribution in [-0.4, -0.2) is 62.2 Å². The van der Waals surface area contributed by atoms with Gasteiger partial charge in [-0.3, -0.25) is 9.59 Å². The van der Waals surface area contributed by atoms with Crippen molar-refractivity contribution < 1.29 is 33.4 Å². The van der Waals surface area contributed by atoms with Crippen LogP contribution in [0.3, 0.4) is 0 Å². The van der Waals surface area contributed by atoms with Gasteiger partial charge in [0.15, 0.2) is 0 Å². The first-order chi connectivity index (χ1) is 14.4. The highest BCUT2D eigenvalue weighted by Crippen LogP contribution is 2.19. The second kappa shape index (κ2) is 11.8. The van der Waals surface area contributed by atoms with E-state index in [2.05, 4.69) is 10.1 Å². The van der Waals surface area contributed by atoms with Crippen LogP contribution in [-0.2, 0) is 35.2 Å². The van der Waals surface area contributed by atoms with Crippen molar-refractivity contribution in [1.29, 1.82) is 0 Å². The maximum atomic E-state index is 12.6. The number of hydrogen-bond donors (Lipinski definition) is 1. The zero-order valence-corrected chi connectivity index (χ0v) is 17.3. The van der Waals surface area contributed by atoms with Crippen molar-refractivity contribution in [3.63, 3.8) is 0 Å². The molecular formula is C21H28N2O7. The van der Waals surface area contributed by atoms with Gasteiger partial charge in [0.1, 0.15) is 12.6 Å². The molecule has 1 heterocycles. The van der Waals surface area contributed by atoms with Gasteiger partial charge in [0.2, 0.25) is 5.91 Å². The molecule has 0 radical (unpaired) electrons. The Morgan fingerprint density at radius 1 is 1.07 bits per heavy atom. The van der Waals surface area contributed by atoms with E-state index >= 15 is 0 Å². The van der Waals surface area contributed by atoms with Crippen molar-refractivity contribution >= 4 is 23.9 Å². The summed E-state index contributed by atoms with van der Waals surface area (Å²) in [4.78, 5) is 49.6. The second-order valence-electron chi connectivity index (χ2n) is 7.00. The number of hydrogen-bond acceptors (Lipinski definition) is 7. The predicted octanol–water partition coefficient (Wildman–Crippen LogP) is 1.65. The smallest absolute Gasteiger partial charge is 0.410 e. The average molecular weight is 420 g/mol. The lowest BCUT2D eigenvalue weighted by Crippen LogP contribution is -2.48. The molecule has 0 unspecified atom stereocenters. The molecule has 1 atom stereocenters. The zero-order chi connectivity index (χ0) is 21.9. The minimum absolute atomic E-state index is 0.0117. The fraction of sp³-hybridized carbons (Fsp3) is 0.524. The molecule has 1 aromatic rings. The van der Waals surface area contributed by atoms with Gasteiger partial charge in [-0.2, -0.15) is 0 Å². The van der Waals surface area contributed by atoms with Gasteiger partial charge in [-0.05, 0) is 24.8 Å². The van der Waals surface area contributed by atoms with Crippen LogP contribution in [0.1, 0.15) is 31.2 Å². The summed E-state index contributed by atoms with van der Waals surface area (Å²) in [6, 6.07) is 8.47. The van der Waals surface area contributed by atoms with E-state index in [-0.39, 0.29) is 31.3 Å². The summed E-state index contributed by atoms with van der Waals surface area (Å²) in [6.07, 6.45) is 0.579. The lowest BCUT2D eigenvalue weighted by Gasteiger charge is -2.31. The molecule has 0 aromatic heterocycles. The first-order valence-electron chi connectivity index (χ1n) is 9.85. The van der Waals surface area contributed by atoms with Crippen LogP contribution < -0.4 is 5.32 Å². The molecule has 1 aliphatic rings. The largest absolute Gasteiger partial charge is 0.469 e. The minimum Gasteiger partial charge on any atom is -0.469 e. The molecule has 0 spiro atoms. The van der Waals surface area contributed by atoms with Gasteiger partial charge in [0.25, 0.3) is 0 Å². The summed E-state index contributed by atoms with van der Waals surface area (Å²) in [6.45, 7) is 0.967. The van der Waals surface area contributed by atoms with Crippen molar-refractivity contribution in [1.82, 2.24) is 10.2 Å². The normalized spacial score (nSPS) is 15.1. The number of esters is 2. The Balaban J connectivity index is 1.79. The number of rotatable bonds is 8. The summed E-state index contributed by atoms with van der Waals surface area (Å²) in [5, 5.41) is 2.65. The number of likely N-dealkylation sites (tertiary alicyclic amines) is 1. The van der Waals surface area contributed by atoms with Gasteiger partial charge in [-0.15, -0.1) is 0 Å². The van der Waals surface area contributed by atoms with Crippen LogP contribution in [0, 0.1) is 5.92 Å². The average Bonchev–Trinajstić information content (AvgIpc) is 2.79. The Morgan fingerprint density at radius 3 is 2.33 bits per heavy atom. The van der Waals surface area contributed by atoms with E-state index in [0.717, 1.165) is 5.56 Å². The standard InChI is InChI=1S/C21H28N2O7/c1-28-18(24)9-8-17(20(26)29-2)22-19(25)16-10-12-23(13-11-16)21(27)30-14-15-6-4-3-5-7-15/h3-7,16-17H,8-14H2,1-2H3,(H,22,25)/t17-/m1/s1. The fourth-order valence-electron chi connectivity index (χ4n) is 3.18. The van der Waals surface area contributed by atoms with Crippen LogP contribution in [0.2, 0.25) is 0 Å². The highest BCUT2D eigenvalue weighted by molar-refractivity contribution is 5.86. The number of benzene rings is 1. The van der Waals surface area contributed by atoms with Gasteiger partial charge in [0, 0.05) is 25.4 Å². The molecule has 30 heavy (non-hydrogen) atoms. The molecule has 0 bridgehead atoms. The monoisotopic (exact) mass is 420 g/mol. The summed E-state index contributed by atoms with van der Waals surface area (Å²) >= 11 is 0. The van der Waals surface area contributed by atoms with Crippen molar-refractivity contribution in [2.24, 2.45) is 5.92 Å².